The van der Waals surface area contributed by atoms with Crippen LogP contribution in [-0.2, 0) is 22.7 Å². The Hall–Kier alpha value is -2.73. The third-order valence-electron chi connectivity index (χ3n) is 5.86. The molecule has 7 heteroatoms. The van der Waals surface area contributed by atoms with E-state index < -0.39 is 5.60 Å². The van der Waals surface area contributed by atoms with Gasteiger partial charge in [-0.1, -0.05) is 6.07 Å². The average Bonchev–Trinajstić information content (AvgIpc) is 3.30. The number of rotatable bonds is 7. The van der Waals surface area contributed by atoms with E-state index in [0.717, 1.165) is 38.8 Å². The minimum Gasteiger partial charge on any atom is -0.490 e. The fourth-order valence-electron chi connectivity index (χ4n) is 4.53. The number of nitrogens with zero attached hydrogens (tertiary/aromatic N) is 2. The standard InChI is InChI=1S/C28H31IN2O4/c1-17(2)34-24-9-6-18(12-20(24)15-30)16-33-21-7-8-23-22(14-21)26(29)27-19(10-11-31(23)27)13-25(32)35-28(3,4)5/h6-9,12,14,17,19H,10-11,13,16H2,1-5H3. The molecular weight excluding hydrogens is 555 g/mol. The van der Waals surface area contributed by atoms with Gasteiger partial charge in [0.15, 0.2) is 0 Å². The van der Waals surface area contributed by atoms with E-state index in [4.69, 9.17) is 14.2 Å². The number of esters is 1. The second-order valence-corrected chi connectivity index (χ2v) is 11.3. The molecule has 0 saturated heterocycles. The van der Waals surface area contributed by atoms with Crippen LogP contribution in [0.4, 0.5) is 0 Å². The van der Waals surface area contributed by atoms with E-state index >= 15 is 0 Å². The molecule has 1 unspecified atom stereocenters. The quantitative estimate of drug-likeness (QED) is 0.228. The van der Waals surface area contributed by atoms with Crippen molar-refractivity contribution in [2.45, 2.75) is 78.2 Å². The van der Waals surface area contributed by atoms with Crippen molar-refractivity contribution in [1.82, 2.24) is 4.57 Å². The fourth-order valence-corrected chi connectivity index (χ4v) is 5.69. The van der Waals surface area contributed by atoms with Crippen molar-refractivity contribution in [2.24, 2.45) is 0 Å². The van der Waals surface area contributed by atoms with Crippen molar-refractivity contribution in [1.29, 1.82) is 5.26 Å². The Morgan fingerprint density at radius 3 is 2.69 bits per heavy atom. The number of benzene rings is 2. The van der Waals surface area contributed by atoms with Gasteiger partial charge < -0.3 is 18.8 Å². The molecule has 184 valence electrons. The van der Waals surface area contributed by atoms with E-state index in [2.05, 4.69) is 45.4 Å². The summed E-state index contributed by atoms with van der Waals surface area (Å²) < 4.78 is 20.8. The molecule has 0 amide bonds. The zero-order valence-corrected chi connectivity index (χ0v) is 23.0. The zero-order valence-electron chi connectivity index (χ0n) is 20.9. The normalized spacial score (nSPS) is 15.2. The van der Waals surface area contributed by atoms with Crippen LogP contribution in [0.5, 0.6) is 11.5 Å². The second kappa shape index (κ2) is 10.1. The molecule has 0 fully saturated rings. The lowest BCUT2D eigenvalue weighted by Crippen LogP contribution is -2.24. The van der Waals surface area contributed by atoms with E-state index in [9.17, 15) is 10.1 Å². The first kappa shape index (κ1) is 25.4. The molecule has 0 N–H and O–H groups in total. The number of hydrogen-bond acceptors (Lipinski definition) is 5. The molecule has 6 nitrogen and oxygen atoms in total. The van der Waals surface area contributed by atoms with Crippen LogP contribution in [0.2, 0.25) is 0 Å². The lowest BCUT2D eigenvalue weighted by molar-refractivity contribution is -0.155. The van der Waals surface area contributed by atoms with E-state index in [0.29, 0.717) is 24.3 Å². The van der Waals surface area contributed by atoms with Gasteiger partial charge in [-0.25, -0.2) is 0 Å². The van der Waals surface area contributed by atoms with Gasteiger partial charge in [0.2, 0.25) is 0 Å². The minimum atomic E-state index is -0.475. The van der Waals surface area contributed by atoms with Gasteiger partial charge in [-0.15, -0.1) is 0 Å². The summed E-state index contributed by atoms with van der Waals surface area (Å²) in [5.74, 6) is 1.36. The van der Waals surface area contributed by atoms with Gasteiger partial charge in [0.05, 0.1) is 18.1 Å². The maximum absolute atomic E-state index is 12.5. The molecule has 0 saturated carbocycles. The number of ether oxygens (including phenoxy) is 3. The Labute approximate surface area is 220 Å². The summed E-state index contributed by atoms with van der Waals surface area (Å²) in [4.78, 5) is 12.5. The number of aromatic nitrogens is 1. The van der Waals surface area contributed by atoms with Crippen LogP contribution in [-0.4, -0.2) is 22.2 Å². The third-order valence-corrected chi connectivity index (χ3v) is 7.00. The van der Waals surface area contributed by atoms with Crippen molar-refractivity contribution in [3.05, 3.63) is 56.8 Å². The van der Waals surface area contributed by atoms with Crippen molar-refractivity contribution in [2.75, 3.05) is 0 Å². The molecule has 1 aliphatic rings. The van der Waals surface area contributed by atoms with Gasteiger partial charge in [0, 0.05) is 32.6 Å². The van der Waals surface area contributed by atoms with Gasteiger partial charge in [-0.05, 0) is 99.5 Å². The van der Waals surface area contributed by atoms with Crippen molar-refractivity contribution >= 4 is 39.5 Å². The molecule has 0 bridgehead atoms. The fraction of sp³-hybridized carbons (Fsp3) is 0.429. The first-order chi connectivity index (χ1) is 16.6. The number of aryl methyl sites for hydroxylation is 1. The predicted octanol–water partition coefficient (Wildman–Crippen LogP) is 6.70. The molecule has 1 aromatic heterocycles. The Morgan fingerprint density at radius 1 is 1.23 bits per heavy atom. The van der Waals surface area contributed by atoms with E-state index in [-0.39, 0.29) is 18.0 Å². The summed E-state index contributed by atoms with van der Waals surface area (Å²) in [6, 6.07) is 13.9. The van der Waals surface area contributed by atoms with Crippen LogP contribution in [0.1, 0.15) is 70.2 Å². The number of nitriles is 1. The lowest BCUT2D eigenvalue weighted by atomic mass is 10.00. The summed E-state index contributed by atoms with van der Waals surface area (Å²) in [5, 5.41) is 10.6. The summed E-state index contributed by atoms with van der Waals surface area (Å²) >= 11 is 2.39. The van der Waals surface area contributed by atoms with E-state index in [1.165, 1.54) is 5.69 Å². The van der Waals surface area contributed by atoms with Gasteiger partial charge in [0.1, 0.15) is 29.8 Å². The molecule has 1 aliphatic heterocycles. The van der Waals surface area contributed by atoms with Crippen molar-refractivity contribution in [3.8, 4) is 17.6 Å². The van der Waals surface area contributed by atoms with E-state index in [1.54, 1.807) is 0 Å². The highest BCUT2D eigenvalue weighted by atomic mass is 127. The molecule has 2 aromatic carbocycles. The molecule has 1 atom stereocenters. The topological polar surface area (TPSA) is 73.5 Å². The highest BCUT2D eigenvalue weighted by Gasteiger charge is 2.31. The molecule has 4 rings (SSSR count). The number of carbonyl (C=O) groups is 1. The molecule has 0 spiro atoms. The largest absolute Gasteiger partial charge is 0.490 e. The summed E-state index contributed by atoms with van der Waals surface area (Å²) in [7, 11) is 0. The smallest absolute Gasteiger partial charge is 0.306 e. The lowest BCUT2D eigenvalue weighted by Gasteiger charge is -2.20. The van der Waals surface area contributed by atoms with E-state index in [1.807, 2.05) is 58.9 Å². The Morgan fingerprint density at radius 2 is 2.00 bits per heavy atom. The number of hydrogen-bond donors (Lipinski definition) is 0. The second-order valence-electron chi connectivity index (χ2n) is 10.2. The number of halogens is 1. The Bertz CT molecular complexity index is 1300. The summed E-state index contributed by atoms with van der Waals surface area (Å²) in [6.45, 7) is 10.8. The van der Waals surface area contributed by atoms with Gasteiger partial charge in [-0.2, -0.15) is 5.26 Å². The highest BCUT2D eigenvalue weighted by molar-refractivity contribution is 14.1. The Balaban J connectivity index is 1.51. The maximum atomic E-state index is 12.5. The first-order valence-corrected chi connectivity index (χ1v) is 13.0. The summed E-state index contributed by atoms with van der Waals surface area (Å²) in [5.41, 5.74) is 3.31. The van der Waals surface area contributed by atoms with Crippen LogP contribution in [0, 0.1) is 14.9 Å². The SMILES string of the molecule is CC(C)Oc1ccc(COc2ccc3c(c2)c(I)c2n3CCC2CC(=O)OC(C)(C)C)cc1C#N. The zero-order chi connectivity index (χ0) is 25.3. The highest BCUT2D eigenvalue weighted by Crippen LogP contribution is 2.42. The minimum absolute atomic E-state index is 0.00572. The molecule has 35 heavy (non-hydrogen) atoms. The average molecular weight is 586 g/mol. The molecular formula is C28H31IN2O4. The molecule has 0 radical (unpaired) electrons. The predicted molar refractivity (Wildman–Crippen MR) is 144 cm³/mol. The monoisotopic (exact) mass is 586 g/mol. The molecule has 3 aromatic rings. The summed E-state index contributed by atoms with van der Waals surface area (Å²) in [6.07, 6.45) is 1.34. The van der Waals surface area contributed by atoms with Crippen LogP contribution in [0.3, 0.4) is 0 Å². The first-order valence-electron chi connectivity index (χ1n) is 11.9. The Kier molecular flexibility index (Phi) is 7.32. The number of carbonyl (C=O) groups excluding carboxylic acids is 1. The molecule has 2 heterocycles. The maximum Gasteiger partial charge on any atom is 0.306 e. The van der Waals surface area contributed by atoms with Crippen LogP contribution >= 0.6 is 22.6 Å². The van der Waals surface area contributed by atoms with Gasteiger partial charge >= 0.3 is 5.97 Å². The van der Waals surface area contributed by atoms with Crippen LogP contribution in [0.25, 0.3) is 10.9 Å². The molecule has 0 aliphatic carbocycles. The van der Waals surface area contributed by atoms with Crippen molar-refractivity contribution in [3.63, 3.8) is 0 Å². The van der Waals surface area contributed by atoms with Crippen LogP contribution in [0.15, 0.2) is 36.4 Å². The van der Waals surface area contributed by atoms with Gasteiger partial charge in [-0.3, -0.25) is 4.79 Å². The third kappa shape index (κ3) is 5.75. The van der Waals surface area contributed by atoms with Crippen LogP contribution < -0.4 is 9.47 Å². The number of fused-ring (bicyclic) bond motifs is 3. The van der Waals surface area contributed by atoms with Crippen molar-refractivity contribution < 1.29 is 19.0 Å². The van der Waals surface area contributed by atoms with Gasteiger partial charge in [0.25, 0.3) is 0 Å².